The summed E-state index contributed by atoms with van der Waals surface area (Å²) in [5, 5.41) is 2.78. The first-order valence-electron chi connectivity index (χ1n) is 6.45. The zero-order valence-corrected chi connectivity index (χ0v) is 15.0. The van der Waals surface area contributed by atoms with Gasteiger partial charge in [0.15, 0.2) is 6.61 Å². The van der Waals surface area contributed by atoms with E-state index in [2.05, 4.69) is 37.2 Å². The summed E-state index contributed by atoms with van der Waals surface area (Å²) in [6, 6.07) is 4.12. The van der Waals surface area contributed by atoms with Gasteiger partial charge >= 0.3 is 0 Å². The lowest BCUT2D eigenvalue weighted by Crippen LogP contribution is -2.34. The molecule has 20 heavy (non-hydrogen) atoms. The van der Waals surface area contributed by atoms with Gasteiger partial charge in [0.25, 0.3) is 5.91 Å². The lowest BCUT2D eigenvalue weighted by atomic mass is 10.1. The van der Waals surface area contributed by atoms with Crippen molar-refractivity contribution in [2.45, 2.75) is 39.3 Å². The zero-order chi connectivity index (χ0) is 15.3. The van der Waals surface area contributed by atoms with Crippen LogP contribution in [0.4, 0.5) is 0 Å². The van der Waals surface area contributed by atoms with Crippen molar-refractivity contribution in [3.8, 4) is 5.75 Å². The van der Waals surface area contributed by atoms with Crippen molar-refractivity contribution in [1.29, 1.82) is 0 Å². The van der Waals surface area contributed by atoms with Crippen molar-refractivity contribution in [2.75, 3.05) is 6.61 Å². The molecule has 0 bridgehead atoms. The summed E-state index contributed by atoms with van der Waals surface area (Å²) in [5.41, 5.74) is 6.90. The van der Waals surface area contributed by atoms with E-state index in [1.807, 2.05) is 32.9 Å². The molecule has 0 spiro atoms. The van der Waals surface area contributed by atoms with Crippen LogP contribution in [0.2, 0.25) is 0 Å². The van der Waals surface area contributed by atoms with E-state index in [1.165, 1.54) is 0 Å². The number of halogens is 2. The second-order valence-electron chi connectivity index (χ2n) is 5.08. The summed E-state index contributed by atoms with van der Waals surface area (Å²) in [6.45, 7) is 5.77. The third kappa shape index (κ3) is 5.81. The van der Waals surface area contributed by atoms with Crippen molar-refractivity contribution in [3.05, 3.63) is 26.6 Å². The highest BCUT2D eigenvalue weighted by molar-refractivity contribution is 9.11. The minimum absolute atomic E-state index is 0.0119. The minimum atomic E-state index is -0.140. The molecule has 1 rings (SSSR count). The fraction of sp³-hybridized carbons (Fsp3) is 0.500. The molecule has 1 aromatic carbocycles. The van der Waals surface area contributed by atoms with E-state index >= 15 is 0 Å². The molecule has 1 unspecified atom stereocenters. The summed E-state index contributed by atoms with van der Waals surface area (Å²) >= 11 is 6.92. The van der Waals surface area contributed by atoms with Gasteiger partial charge in [-0.2, -0.15) is 0 Å². The smallest absolute Gasteiger partial charge is 0.258 e. The Morgan fingerprint density at radius 3 is 2.30 bits per heavy atom. The minimum Gasteiger partial charge on any atom is -0.481 e. The number of benzene rings is 1. The number of carbonyl (C=O) groups excluding carboxylic acids is 1. The molecule has 0 aromatic heterocycles. The predicted molar refractivity (Wildman–Crippen MR) is 88.0 cm³/mol. The lowest BCUT2D eigenvalue weighted by molar-refractivity contribution is -0.123. The van der Waals surface area contributed by atoms with Crippen LogP contribution in [0, 0.1) is 0 Å². The van der Waals surface area contributed by atoms with Crippen LogP contribution in [0.15, 0.2) is 21.1 Å². The van der Waals surface area contributed by atoms with Crippen LogP contribution in [0.25, 0.3) is 0 Å². The number of carbonyl (C=O) groups is 1. The molecule has 6 heteroatoms. The Balaban J connectivity index is 2.74. The van der Waals surface area contributed by atoms with Crippen molar-refractivity contribution >= 4 is 37.8 Å². The van der Waals surface area contributed by atoms with Crippen LogP contribution < -0.4 is 15.8 Å². The van der Waals surface area contributed by atoms with Crippen LogP contribution in [0.5, 0.6) is 5.75 Å². The van der Waals surface area contributed by atoms with Crippen LogP contribution in [-0.4, -0.2) is 24.6 Å². The number of nitrogens with two attached hydrogens (primary N) is 1. The maximum atomic E-state index is 11.6. The standard InChI is InChI=1S/C14H20Br2N2O2/c1-8(2)18-13(19)7-20-14-11(15)5-10(4-9(3)17)6-12(14)16/h5-6,8-9H,4,7,17H2,1-3H3,(H,18,19). The van der Waals surface area contributed by atoms with Crippen LogP contribution in [0.1, 0.15) is 26.3 Å². The highest BCUT2D eigenvalue weighted by Crippen LogP contribution is 2.35. The molecule has 3 N–H and O–H groups in total. The van der Waals surface area contributed by atoms with Gasteiger partial charge in [0.1, 0.15) is 5.75 Å². The molecular weight excluding hydrogens is 388 g/mol. The van der Waals surface area contributed by atoms with Gasteiger partial charge in [-0.25, -0.2) is 0 Å². The second-order valence-corrected chi connectivity index (χ2v) is 6.79. The van der Waals surface area contributed by atoms with E-state index < -0.39 is 0 Å². The normalized spacial score (nSPS) is 12.3. The lowest BCUT2D eigenvalue weighted by Gasteiger charge is -2.14. The van der Waals surface area contributed by atoms with Gasteiger partial charge in [-0.3, -0.25) is 4.79 Å². The molecule has 1 atom stereocenters. The molecule has 0 aliphatic rings. The maximum Gasteiger partial charge on any atom is 0.258 e. The number of amides is 1. The molecule has 0 fully saturated rings. The van der Waals surface area contributed by atoms with E-state index in [-0.39, 0.29) is 24.6 Å². The number of ether oxygens (including phenoxy) is 1. The van der Waals surface area contributed by atoms with Gasteiger partial charge in [-0.1, -0.05) is 0 Å². The highest BCUT2D eigenvalue weighted by Gasteiger charge is 2.12. The van der Waals surface area contributed by atoms with Crippen molar-refractivity contribution in [2.24, 2.45) is 5.73 Å². The third-order valence-electron chi connectivity index (χ3n) is 2.41. The van der Waals surface area contributed by atoms with Gasteiger partial charge < -0.3 is 15.8 Å². The van der Waals surface area contributed by atoms with Crippen molar-refractivity contribution < 1.29 is 9.53 Å². The fourth-order valence-corrected chi connectivity index (χ4v) is 3.25. The van der Waals surface area contributed by atoms with Crippen LogP contribution in [-0.2, 0) is 11.2 Å². The first-order valence-corrected chi connectivity index (χ1v) is 8.03. The van der Waals surface area contributed by atoms with Crippen molar-refractivity contribution in [1.82, 2.24) is 5.32 Å². The van der Waals surface area contributed by atoms with Crippen LogP contribution >= 0.6 is 31.9 Å². The summed E-state index contributed by atoms with van der Waals surface area (Å²) in [4.78, 5) is 11.6. The van der Waals surface area contributed by atoms with E-state index in [0.717, 1.165) is 20.9 Å². The molecule has 0 saturated heterocycles. The molecule has 0 heterocycles. The topological polar surface area (TPSA) is 64.3 Å². The fourth-order valence-electron chi connectivity index (χ4n) is 1.74. The molecule has 1 aromatic rings. The van der Waals surface area contributed by atoms with E-state index in [4.69, 9.17) is 10.5 Å². The summed E-state index contributed by atoms with van der Waals surface area (Å²) in [6.07, 6.45) is 0.783. The van der Waals surface area contributed by atoms with Gasteiger partial charge in [-0.15, -0.1) is 0 Å². The Morgan fingerprint density at radius 1 is 1.30 bits per heavy atom. The Kier molecular flexibility index (Phi) is 6.99. The SMILES string of the molecule is CC(N)Cc1cc(Br)c(OCC(=O)NC(C)C)c(Br)c1. The first-order chi connectivity index (χ1) is 9.29. The monoisotopic (exact) mass is 406 g/mol. The Morgan fingerprint density at radius 2 is 1.85 bits per heavy atom. The molecule has 0 radical (unpaired) electrons. The summed E-state index contributed by atoms with van der Waals surface area (Å²) in [5.74, 6) is 0.482. The van der Waals surface area contributed by atoms with Gasteiger partial charge in [0.05, 0.1) is 8.95 Å². The Labute approximate surface area is 136 Å². The van der Waals surface area contributed by atoms with Gasteiger partial charge in [0, 0.05) is 12.1 Å². The first kappa shape index (κ1) is 17.5. The maximum absolute atomic E-state index is 11.6. The quantitative estimate of drug-likeness (QED) is 0.761. The summed E-state index contributed by atoms with van der Waals surface area (Å²) < 4.78 is 7.16. The van der Waals surface area contributed by atoms with E-state index in [9.17, 15) is 4.79 Å². The average Bonchev–Trinajstić information content (AvgIpc) is 2.25. The Bertz CT molecular complexity index is 453. The number of nitrogens with one attached hydrogen (secondary N) is 1. The third-order valence-corrected chi connectivity index (χ3v) is 3.59. The molecule has 1 amide bonds. The molecule has 0 aliphatic heterocycles. The molecule has 0 aliphatic carbocycles. The molecule has 112 valence electrons. The van der Waals surface area contributed by atoms with Gasteiger partial charge in [0.2, 0.25) is 0 Å². The second kappa shape index (κ2) is 8.00. The average molecular weight is 408 g/mol. The summed E-state index contributed by atoms with van der Waals surface area (Å²) in [7, 11) is 0. The molecule has 4 nitrogen and oxygen atoms in total. The largest absolute Gasteiger partial charge is 0.481 e. The zero-order valence-electron chi connectivity index (χ0n) is 11.9. The van der Waals surface area contributed by atoms with Crippen molar-refractivity contribution in [3.63, 3.8) is 0 Å². The van der Waals surface area contributed by atoms with E-state index in [0.29, 0.717) is 5.75 Å². The molecule has 0 saturated carbocycles. The predicted octanol–water partition coefficient (Wildman–Crippen LogP) is 3.00. The number of rotatable bonds is 6. The number of hydrogen-bond donors (Lipinski definition) is 2. The van der Waals surface area contributed by atoms with E-state index in [1.54, 1.807) is 0 Å². The molecular formula is C14H20Br2N2O2. The highest BCUT2D eigenvalue weighted by atomic mass is 79.9. The van der Waals surface area contributed by atoms with Gasteiger partial charge in [-0.05, 0) is 76.7 Å². The van der Waals surface area contributed by atoms with Crippen LogP contribution in [0.3, 0.4) is 0 Å². The Hall–Kier alpha value is -0.590. The number of hydrogen-bond acceptors (Lipinski definition) is 3.